The zero-order valence-corrected chi connectivity index (χ0v) is 40.8. The van der Waals surface area contributed by atoms with Crippen molar-refractivity contribution in [1.82, 2.24) is 0 Å². The highest BCUT2D eigenvalue weighted by Gasteiger charge is 2.19. The molecule has 0 fully saturated rings. The van der Waals surface area contributed by atoms with Gasteiger partial charge in [-0.15, -0.1) is 0 Å². The van der Waals surface area contributed by atoms with Crippen molar-refractivity contribution in [3.63, 3.8) is 0 Å². The van der Waals surface area contributed by atoms with Crippen LogP contribution in [0.1, 0.15) is 226 Å². The number of hydrogen-bond acceptors (Lipinski definition) is 6. The number of ether oxygens (including phenoxy) is 3. The molecule has 0 aromatic heterocycles. The molecule has 0 radical (unpaired) electrons. The molecular weight excluding hydrogens is 781 g/mol. The van der Waals surface area contributed by atoms with Crippen molar-refractivity contribution in [3.8, 4) is 0 Å². The second-order valence-corrected chi connectivity index (χ2v) is 16.7. The van der Waals surface area contributed by atoms with E-state index < -0.39 is 6.10 Å². The molecule has 63 heavy (non-hydrogen) atoms. The van der Waals surface area contributed by atoms with Crippen LogP contribution in [0.2, 0.25) is 0 Å². The second-order valence-electron chi connectivity index (χ2n) is 16.7. The molecule has 1 atom stereocenters. The van der Waals surface area contributed by atoms with Gasteiger partial charge >= 0.3 is 17.9 Å². The second kappa shape index (κ2) is 51.0. The number of rotatable bonds is 45. The molecule has 0 aromatic rings. The van der Waals surface area contributed by atoms with Crippen LogP contribution in [-0.4, -0.2) is 37.2 Å². The quantitative estimate of drug-likeness (QED) is 0.0262. The molecular formula is C57H94O6. The van der Waals surface area contributed by atoms with Crippen molar-refractivity contribution >= 4 is 17.9 Å². The monoisotopic (exact) mass is 875 g/mol. The van der Waals surface area contributed by atoms with Crippen LogP contribution in [0.3, 0.4) is 0 Å². The molecule has 0 aromatic carbocycles. The number of unbranched alkanes of at least 4 members (excludes halogenated alkanes) is 18. The van der Waals surface area contributed by atoms with E-state index in [0.29, 0.717) is 19.3 Å². The standard InChI is InChI=1S/C57H94O6/c1-4-7-10-13-16-19-22-24-26-27-28-29-31-32-35-38-41-44-47-50-56(59)62-53-54(52-61-55(58)49-46-43-40-37-34-21-18-15-12-9-6-3)63-57(60)51-48-45-42-39-36-33-30-25-23-20-17-14-11-8-5-2/h7,9-10,12,16,18-21,23-24,26,28-29,37,40,54H,4-6,8,11,13-15,17,22,25,27,30-36,38-39,41-53H2,1-3H3/b10-7-,12-9-,19-16-,21-18-,23-20-,26-24-,29-28-,40-37-. The molecule has 0 amide bonds. The minimum absolute atomic E-state index is 0.103. The third-order valence-electron chi connectivity index (χ3n) is 10.6. The molecule has 0 spiro atoms. The first kappa shape index (κ1) is 59.3. The van der Waals surface area contributed by atoms with E-state index in [1.165, 1.54) is 77.0 Å². The molecule has 0 aliphatic carbocycles. The average Bonchev–Trinajstić information content (AvgIpc) is 3.28. The van der Waals surface area contributed by atoms with E-state index in [9.17, 15) is 14.4 Å². The molecule has 0 saturated heterocycles. The van der Waals surface area contributed by atoms with Crippen LogP contribution < -0.4 is 0 Å². The van der Waals surface area contributed by atoms with Crippen molar-refractivity contribution in [2.24, 2.45) is 0 Å². The Morgan fingerprint density at radius 3 is 1.05 bits per heavy atom. The minimum atomic E-state index is -0.806. The van der Waals surface area contributed by atoms with Gasteiger partial charge in [0.05, 0.1) is 0 Å². The Morgan fingerprint density at radius 1 is 0.333 bits per heavy atom. The fourth-order valence-electron chi connectivity index (χ4n) is 6.74. The molecule has 0 bridgehead atoms. The Kier molecular flexibility index (Phi) is 48.0. The van der Waals surface area contributed by atoms with Crippen molar-refractivity contribution in [2.45, 2.75) is 232 Å². The van der Waals surface area contributed by atoms with E-state index in [-0.39, 0.29) is 37.5 Å². The largest absolute Gasteiger partial charge is 0.462 e. The molecule has 0 saturated carbocycles. The van der Waals surface area contributed by atoms with Gasteiger partial charge < -0.3 is 14.2 Å². The minimum Gasteiger partial charge on any atom is -0.462 e. The highest BCUT2D eigenvalue weighted by atomic mass is 16.6. The van der Waals surface area contributed by atoms with Crippen LogP contribution in [0.4, 0.5) is 0 Å². The molecule has 1 unspecified atom stereocenters. The number of allylic oxidation sites excluding steroid dienone is 16. The summed E-state index contributed by atoms with van der Waals surface area (Å²) in [7, 11) is 0. The Labute approximate surface area is 387 Å². The zero-order chi connectivity index (χ0) is 45.8. The van der Waals surface area contributed by atoms with E-state index in [1.54, 1.807) is 0 Å². The molecule has 0 rings (SSSR count). The van der Waals surface area contributed by atoms with Crippen molar-refractivity contribution < 1.29 is 28.6 Å². The van der Waals surface area contributed by atoms with E-state index in [4.69, 9.17) is 14.2 Å². The van der Waals surface area contributed by atoms with Gasteiger partial charge in [-0.05, 0) is 109 Å². The van der Waals surface area contributed by atoms with Gasteiger partial charge in [0.2, 0.25) is 0 Å². The molecule has 0 aliphatic heterocycles. The maximum absolute atomic E-state index is 12.8. The summed E-state index contributed by atoms with van der Waals surface area (Å²) in [6.45, 7) is 6.32. The molecule has 6 heteroatoms. The summed E-state index contributed by atoms with van der Waals surface area (Å²) in [5.41, 5.74) is 0. The molecule has 0 N–H and O–H groups in total. The summed E-state index contributed by atoms with van der Waals surface area (Å²) in [5.74, 6) is -0.981. The first-order chi connectivity index (χ1) is 31.0. The van der Waals surface area contributed by atoms with E-state index >= 15 is 0 Å². The van der Waals surface area contributed by atoms with E-state index in [0.717, 1.165) is 103 Å². The lowest BCUT2D eigenvalue weighted by Gasteiger charge is -2.18. The lowest BCUT2D eigenvalue weighted by atomic mass is 10.1. The lowest BCUT2D eigenvalue weighted by Crippen LogP contribution is -2.30. The summed E-state index contributed by atoms with van der Waals surface area (Å²) in [6, 6.07) is 0. The van der Waals surface area contributed by atoms with Gasteiger partial charge in [-0.2, -0.15) is 0 Å². The molecule has 0 aliphatic rings. The molecule has 6 nitrogen and oxygen atoms in total. The SMILES string of the molecule is CC/C=C\C/C=C\C/C=C\C/C=C\CCCCCCCCC(=O)OCC(COC(=O)CCC/C=C\C/C=C\C/C=C\CC)OC(=O)CCCCCCCCC/C=C\CCCCCC. The Balaban J connectivity index is 4.43. The molecule has 0 heterocycles. The Hall–Kier alpha value is -3.67. The maximum atomic E-state index is 12.8. The van der Waals surface area contributed by atoms with Crippen LogP contribution in [-0.2, 0) is 28.6 Å². The van der Waals surface area contributed by atoms with Crippen LogP contribution in [0.5, 0.6) is 0 Å². The first-order valence-corrected chi connectivity index (χ1v) is 25.7. The third kappa shape index (κ3) is 49.2. The van der Waals surface area contributed by atoms with Crippen LogP contribution in [0.25, 0.3) is 0 Å². The maximum Gasteiger partial charge on any atom is 0.306 e. The van der Waals surface area contributed by atoms with E-state index in [2.05, 4.69) is 118 Å². The number of hydrogen-bond donors (Lipinski definition) is 0. The zero-order valence-electron chi connectivity index (χ0n) is 40.8. The Morgan fingerprint density at radius 2 is 0.635 bits per heavy atom. The average molecular weight is 875 g/mol. The summed E-state index contributed by atoms with van der Waals surface area (Å²) in [4.78, 5) is 37.9. The van der Waals surface area contributed by atoms with Gasteiger partial charge in [0.15, 0.2) is 6.10 Å². The van der Waals surface area contributed by atoms with Crippen LogP contribution >= 0.6 is 0 Å². The van der Waals surface area contributed by atoms with Crippen molar-refractivity contribution in [3.05, 3.63) is 97.2 Å². The number of esters is 3. The number of carbonyl (C=O) groups is 3. The predicted molar refractivity (Wildman–Crippen MR) is 270 cm³/mol. The summed E-state index contributed by atoms with van der Waals surface area (Å²) in [6.07, 6.45) is 66.8. The predicted octanol–water partition coefficient (Wildman–Crippen LogP) is 17.0. The summed E-state index contributed by atoms with van der Waals surface area (Å²) < 4.78 is 16.7. The summed E-state index contributed by atoms with van der Waals surface area (Å²) >= 11 is 0. The lowest BCUT2D eigenvalue weighted by molar-refractivity contribution is -0.167. The normalized spacial score (nSPS) is 12.9. The third-order valence-corrected chi connectivity index (χ3v) is 10.6. The Bertz CT molecular complexity index is 1280. The highest BCUT2D eigenvalue weighted by Crippen LogP contribution is 2.13. The van der Waals surface area contributed by atoms with Gasteiger partial charge in [0.25, 0.3) is 0 Å². The van der Waals surface area contributed by atoms with Gasteiger partial charge in [0.1, 0.15) is 13.2 Å². The van der Waals surface area contributed by atoms with Gasteiger partial charge in [-0.25, -0.2) is 0 Å². The fraction of sp³-hybridized carbons (Fsp3) is 0.667. The highest BCUT2D eigenvalue weighted by molar-refractivity contribution is 5.71. The van der Waals surface area contributed by atoms with Gasteiger partial charge in [-0.1, -0.05) is 195 Å². The van der Waals surface area contributed by atoms with Gasteiger partial charge in [0, 0.05) is 19.3 Å². The van der Waals surface area contributed by atoms with E-state index in [1.807, 2.05) is 0 Å². The molecule has 358 valence electrons. The first-order valence-electron chi connectivity index (χ1n) is 25.7. The smallest absolute Gasteiger partial charge is 0.306 e. The fourth-order valence-corrected chi connectivity index (χ4v) is 6.74. The van der Waals surface area contributed by atoms with Crippen molar-refractivity contribution in [1.29, 1.82) is 0 Å². The van der Waals surface area contributed by atoms with Crippen molar-refractivity contribution in [2.75, 3.05) is 13.2 Å². The van der Waals surface area contributed by atoms with Gasteiger partial charge in [-0.3, -0.25) is 14.4 Å². The van der Waals surface area contributed by atoms with Crippen LogP contribution in [0, 0.1) is 0 Å². The summed E-state index contributed by atoms with van der Waals surface area (Å²) in [5, 5.41) is 0. The topological polar surface area (TPSA) is 78.9 Å². The number of carbonyl (C=O) groups excluding carboxylic acids is 3. The van der Waals surface area contributed by atoms with Crippen LogP contribution in [0.15, 0.2) is 97.2 Å².